The van der Waals surface area contributed by atoms with E-state index in [0.717, 1.165) is 12.1 Å². The Morgan fingerprint density at radius 2 is 1.78 bits per heavy atom. The second-order valence-corrected chi connectivity index (χ2v) is 9.31. The fraction of sp³-hybridized carbons (Fsp3) is 0.480. The minimum atomic E-state index is -5.95. The van der Waals surface area contributed by atoms with Gasteiger partial charge in [-0.25, -0.2) is 4.98 Å². The van der Waals surface area contributed by atoms with E-state index in [4.69, 9.17) is 10.5 Å². The number of primary amides is 1. The lowest BCUT2D eigenvalue weighted by Gasteiger charge is -2.44. The molecule has 2 N–H and O–H groups in total. The average molecular weight is 511 g/mol. The van der Waals surface area contributed by atoms with E-state index in [1.807, 2.05) is 6.07 Å². The summed E-state index contributed by atoms with van der Waals surface area (Å²) in [7, 11) is 1.42. The largest absolute Gasteiger partial charge is 0.481 e. The molecule has 6 nitrogen and oxygen atoms in total. The molecule has 36 heavy (non-hydrogen) atoms. The average Bonchev–Trinajstić information content (AvgIpc) is 3.61. The molecule has 2 atom stereocenters. The van der Waals surface area contributed by atoms with Crippen molar-refractivity contribution < 1.29 is 31.5 Å². The van der Waals surface area contributed by atoms with Crippen LogP contribution in [0.2, 0.25) is 0 Å². The Kier molecular flexibility index (Phi) is 7.60. The summed E-state index contributed by atoms with van der Waals surface area (Å²) < 4.78 is 77.0. The van der Waals surface area contributed by atoms with Gasteiger partial charge in [0.2, 0.25) is 11.8 Å². The Hall–Kier alpha value is -3.26. The molecule has 0 unspecified atom stereocenters. The lowest BCUT2D eigenvalue weighted by atomic mass is 9.90. The van der Waals surface area contributed by atoms with E-state index < -0.39 is 41.2 Å². The third-order valence-corrected chi connectivity index (χ3v) is 6.24. The molecule has 194 valence electrons. The van der Waals surface area contributed by atoms with Crippen molar-refractivity contribution in [3.8, 4) is 23.2 Å². The number of nitrogens with zero attached hydrogens (tertiary/aromatic N) is 3. The summed E-state index contributed by atoms with van der Waals surface area (Å²) >= 11 is 0. The number of hydrogen-bond acceptors (Lipinski definition) is 5. The van der Waals surface area contributed by atoms with Crippen molar-refractivity contribution in [2.24, 2.45) is 11.7 Å². The van der Waals surface area contributed by atoms with Crippen LogP contribution in [0.4, 0.5) is 22.0 Å². The second kappa shape index (κ2) is 10.0. The normalized spacial score (nSPS) is 16.9. The van der Waals surface area contributed by atoms with Gasteiger partial charge in [0.05, 0.1) is 24.9 Å². The maximum atomic E-state index is 15.3. The van der Waals surface area contributed by atoms with Crippen LogP contribution in [0.25, 0.3) is 11.3 Å². The van der Waals surface area contributed by atoms with Gasteiger partial charge in [-0.15, -0.1) is 0 Å². The molecule has 1 aromatic heterocycles. The Balaban J connectivity index is 2.19. The number of nitriles is 1. The molecule has 0 aliphatic heterocycles. The summed E-state index contributed by atoms with van der Waals surface area (Å²) in [6, 6.07) is 7.60. The molecule has 1 saturated carbocycles. The van der Waals surface area contributed by atoms with Crippen molar-refractivity contribution in [2.45, 2.75) is 62.8 Å². The SMILES string of the molecule is COc1cccc(-c2ccc([C@H](N([C@@H](CC(C)C)C(N)=O)C3(C#N)CC3)C(F)(F)C(F)(F)F)cc2)n1. The van der Waals surface area contributed by atoms with Crippen LogP contribution in [0.15, 0.2) is 42.5 Å². The number of aromatic nitrogens is 1. The zero-order valence-corrected chi connectivity index (χ0v) is 20.0. The van der Waals surface area contributed by atoms with Crippen molar-refractivity contribution in [1.29, 1.82) is 5.26 Å². The van der Waals surface area contributed by atoms with Gasteiger partial charge in [0.15, 0.2) is 0 Å². The molecule has 1 aliphatic carbocycles. The van der Waals surface area contributed by atoms with Crippen LogP contribution in [-0.4, -0.2) is 46.6 Å². The molecule has 0 spiro atoms. The maximum absolute atomic E-state index is 15.3. The van der Waals surface area contributed by atoms with E-state index in [-0.39, 0.29) is 25.2 Å². The number of pyridine rings is 1. The Labute approximate surface area is 205 Å². The zero-order chi connectivity index (χ0) is 26.9. The number of methoxy groups -OCH3 is 1. The molecule has 2 aromatic rings. The first-order valence-corrected chi connectivity index (χ1v) is 11.3. The number of hydrogen-bond donors (Lipinski definition) is 1. The van der Waals surface area contributed by atoms with Gasteiger partial charge < -0.3 is 10.5 Å². The summed E-state index contributed by atoms with van der Waals surface area (Å²) in [4.78, 5) is 17.4. The number of rotatable bonds is 10. The highest BCUT2D eigenvalue weighted by Gasteiger charge is 2.69. The summed E-state index contributed by atoms with van der Waals surface area (Å²) in [6.07, 6.45) is -5.95. The summed E-state index contributed by atoms with van der Waals surface area (Å²) in [5.74, 6) is -6.32. The van der Waals surface area contributed by atoms with Crippen LogP contribution >= 0.6 is 0 Å². The molecule has 0 radical (unpaired) electrons. The molecule has 0 saturated heterocycles. The molecular formula is C25H27F5N4O2. The predicted octanol–water partition coefficient (Wildman–Crippen LogP) is 5.25. The topological polar surface area (TPSA) is 92.2 Å². The van der Waals surface area contributed by atoms with Crippen molar-refractivity contribution in [3.05, 3.63) is 48.0 Å². The first-order chi connectivity index (χ1) is 16.8. The highest BCUT2D eigenvalue weighted by atomic mass is 19.4. The fourth-order valence-corrected chi connectivity index (χ4v) is 4.31. The van der Waals surface area contributed by atoms with Crippen LogP contribution in [0, 0.1) is 17.2 Å². The molecule has 1 aliphatic rings. The van der Waals surface area contributed by atoms with Crippen molar-refractivity contribution in [3.63, 3.8) is 0 Å². The standard InChI is InChI=1S/C25H27F5N4O2/c1-15(2)13-19(22(32)35)34(23(14-31)11-12-23)21(24(26,27)25(28,29)30)17-9-7-16(8-10-17)18-5-4-6-20(33-18)36-3/h4-10,15,19,21H,11-13H2,1-3H3,(H2,32,35)/t19-,21-/m0/s1. The van der Waals surface area contributed by atoms with Gasteiger partial charge in [0.25, 0.3) is 0 Å². The number of carbonyl (C=O) groups is 1. The highest BCUT2D eigenvalue weighted by molar-refractivity contribution is 5.80. The van der Waals surface area contributed by atoms with Crippen LogP contribution in [-0.2, 0) is 4.79 Å². The number of nitrogens with two attached hydrogens (primary N) is 1. The van der Waals surface area contributed by atoms with Gasteiger partial charge in [-0.1, -0.05) is 44.2 Å². The number of alkyl halides is 5. The van der Waals surface area contributed by atoms with Gasteiger partial charge in [-0.05, 0) is 36.8 Å². The Morgan fingerprint density at radius 3 is 2.22 bits per heavy atom. The van der Waals surface area contributed by atoms with Crippen molar-refractivity contribution in [2.75, 3.05) is 7.11 Å². The molecule has 3 rings (SSSR count). The smallest absolute Gasteiger partial charge is 0.455 e. The monoisotopic (exact) mass is 510 g/mol. The minimum absolute atomic E-state index is 0.0433. The first-order valence-electron chi connectivity index (χ1n) is 11.3. The molecule has 1 heterocycles. The number of halogens is 5. The quantitative estimate of drug-likeness (QED) is 0.441. The van der Waals surface area contributed by atoms with Gasteiger partial charge in [0, 0.05) is 11.6 Å². The molecule has 11 heteroatoms. The van der Waals surface area contributed by atoms with Crippen LogP contribution in [0.3, 0.4) is 0 Å². The van der Waals surface area contributed by atoms with Gasteiger partial charge >= 0.3 is 12.1 Å². The Bertz CT molecular complexity index is 1120. The number of ether oxygens (including phenoxy) is 1. The Morgan fingerprint density at radius 1 is 1.17 bits per heavy atom. The third-order valence-electron chi connectivity index (χ3n) is 6.24. The fourth-order valence-electron chi connectivity index (χ4n) is 4.31. The molecule has 0 bridgehead atoms. The first kappa shape index (κ1) is 27.3. The van der Waals surface area contributed by atoms with Crippen LogP contribution in [0.1, 0.15) is 44.7 Å². The van der Waals surface area contributed by atoms with Crippen LogP contribution < -0.4 is 10.5 Å². The van der Waals surface area contributed by atoms with Gasteiger partial charge in [-0.2, -0.15) is 27.2 Å². The molecule has 1 aromatic carbocycles. The summed E-state index contributed by atoms with van der Waals surface area (Å²) in [6.45, 7) is 3.37. The van der Waals surface area contributed by atoms with Gasteiger partial charge in [0.1, 0.15) is 11.6 Å². The molecule has 1 amide bonds. The summed E-state index contributed by atoms with van der Waals surface area (Å²) in [5.41, 5.74) is 4.33. The lowest BCUT2D eigenvalue weighted by molar-refractivity contribution is -0.309. The van der Waals surface area contributed by atoms with E-state index >= 15 is 8.78 Å². The lowest BCUT2D eigenvalue weighted by Crippen LogP contribution is -2.59. The molecule has 1 fully saturated rings. The van der Waals surface area contributed by atoms with Gasteiger partial charge in [-0.3, -0.25) is 9.69 Å². The minimum Gasteiger partial charge on any atom is -0.481 e. The maximum Gasteiger partial charge on any atom is 0.455 e. The van der Waals surface area contributed by atoms with E-state index in [1.54, 1.807) is 32.0 Å². The number of benzene rings is 1. The highest BCUT2D eigenvalue weighted by Crippen LogP contribution is 2.55. The second-order valence-electron chi connectivity index (χ2n) is 9.31. The number of carbonyl (C=O) groups excluding carboxylic acids is 1. The van der Waals surface area contributed by atoms with E-state index in [9.17, 15) is 23.2 Å². The van der Waals surface area contributed by atoms with Crippen molar-refractivity contribution >= 4 is 5.91 Å². The van der Waals surface area contributed by atoms with E-state index in [0.29, 0.717) is 22.0 Å². The predicted molar refractivity (Wildman–Crippen MR) is 122 cm³/mol. The third kappa shape index (κ3) is 5.28. The van der Waals surface area contributed by atoms with Crippen LogP contribution in [0.5, 0.6) is 5.88 Å². The molecular weight excluding hydrogens is 483 g/mol. The van der Waals surface area contributed by atoms with E-state index in [1.165, 1.54) is 19.2 Å². The zero-order valence-electron chi connectivity index (χ0n) is 20.0. The van der Waals surface area contributed by atoms with Crippen molar-refractivity contribution in [1.82, 2.24) is 9.88 Å². The number of amides is 1. The summed E-state index contributed by atoms with van der Waals surface area (Å²) in [5, 5.41) is 9.81. The van der Waals surface area contributed by atoms with E-state index in [2.05, 4.69) is 4.98 Å².